The summed E-state index contributed by atoms with van der Waals surface area (Å²) in [5, 5.41) is 0.706. The predicted octanol–water partition coefficient (Wildman–Crippen LogP) is -0.0933. The minimum atomic E-state index is 0.639. The fourth-order valence-corrected chi connectivity index (χ4v) is 1.07. The summed E-state index contributed by atoms with van der Waals surface area (Å²) in [4.78, 5) is 9.97. The third-order valence-corrected chi connectivity index (χ3v) is 1.66. The molecule has 2 N–H and O–H groups in total. The number of hydrogen-bond acceptors (Lipinski definition) is 3. The van der Waals surface area contributed by atoms with E-state index in [4.69, 9.17) is 5.73 Å². The van der Waals surface area contributed by atoms with Crippen molar-refractivity contribution in [2.45, 2.75) is 0 Å². The van der Waals surface area contributed by atoms with Gasteiger partial charge in [0, 0.05) is 11.9 Å². The third-order valence-electron chi connectivity index (χ3n) is 0.813. The second kappa shape index (κ2) is 2.09. The largest absolute Gasteiger partial charge is 0.392 e. The first kappa shape index (κ1) is 5.50. The molecule has 0 unspecified atom stereocenters. The van der Waals surface area contributed by atoms with Crippen LogP contribution in [0.3, 0.4) is 0 Å². The van der Waals surface area contributed by atoms with Crippen LogP contribution in [0.4, 0.5) is 0 Å². The molecule has 0 saturated heterocycles. The summed E-state index contributed by atoms with van der Waals surface area (Å²) < 4.78 is 1.52. The van der Waals surface area contributed by atoms with Crippen LogP contribution in [0.2, 0.25) is 0 Å². The van der Waals surface area contributed by atoms with Gasteiger partial charge in [0.05, 0.1) is 11.6 Å². The standard InChI is InChI=1S/C4H6N2OS/c5-4-1-2-6(3-7)8-4/h1,3H,2,5H2. The molecule has 0 aliphatic carbocycles. The Hall–Kier alpha value is -0.640. The number of nitrogens with two attached hydrogens (primary N) is 1. The molecule has 3 nitrogen and oxygen atoms in total. The van der Waals surface area contributed by atoms with Crippen LogP contribution < -0.4 is 5.73 Å². The zero-order valence-electron chi connectivity index (χ0n) is 4.20. The van der Waals surface area contributed by atoms with Crippen molar-refractivity contribution in [1.82, 2.24) is 4.31 Å². The smallest absolute Gasteiger partial charge is 0.220 e. The summed E-state index contributed by atoms with van der Waals surface area (Å²) in [6.45, 7) is 0.639. The molecule has 0 radical (unpaired) electrons. The molecule has 8 heavy (non-hydrogen) atoms. The number of carbonyl (C=O) groups is 1. The monoisotopic (exact) mass is 130 g/mol. The summed E-state index contributed by atoms with van der Waals surface area (Å²) in [5.41, 5.74) is 5.32. The Balaban J connectivity index is 2.43. The van der Waals surface area contributed by atoms with Gasteiger partial charge in [-0.1, -0.05) is 0 Å². The third kappa shape index (κ3) is 0.949. The van der Waals surface area contributed by atoms with Gasteiger partial charge in [-0.3, -0.25) is 9.10 Å². The molecule has 0 bridgehead atoms. The lowest BCUT2D eigenvalue weighted by Gasteiger charge is -2.02. The van der Waals surface area contributed by atoms with Crippen molar-refractivity contribution in [2.75, 3.05) is 6.54 Å². The Morgan fingerprint density at radius 3 is 3.00 bits per heavy atom. The van der Waals surface area contributed by atoms with Gasteiger partial charge in [0.25, 0.3) is 0 Å². The summed E-state index contributed by atoms with van der Waals surface area (Å²) >= 11 is 1.27. The summed E-state index contributed by atoms with van der Waals surface area (Å²) in [5.74, 6) is 0. The van der Waals surface area contributed by atoms with E-state index >= 15 is 0 Å². The van der Waals surface area contributed by atoms with Gasteiger partial charge in [-0.15, -0.1) is 0 Å². The minimum Gasteiger partial charge on any atom is -0.392 e. The highest BCUT2D eigenvalue weighted by Gasteiger charge is 2.08. The van der Waals surface area contributed by atoms with E-state index in [2.05, 4.69) is 0 Å². The maximum Gasteiger partial charge on any atom is 0.220 e. The molecule has 0 fully saturated rings. The maximum absolute atomic E-state index is 9.97. The van der Waals surface area contributed by atoms with Crippen LogP contribution in [-0.4, -0.2) is 17.3 Å². The quantitative estimate of drug-likeness (QED) is 0.398. The van der Waals surface area contributed by atoms with Crippen LogP contribution in [-0.2, 0) is 4.79 Å². The van der Waals surface area contributed by atoms with E-state index < -0.39 is 0 Å². The number of carbonyl (C=O) groups excluding carboxylic acids is 1. The van der Waals surface area contributed by atoms with Crippen molar-refractivity contribution in [2.24, 2.45) is 5.73 Å². The number of nitrogens with zero attached hydrogens (tertiary/aromatic N) is 1. The number of amides is 1. The summed E-state index contributed by atoms with van der Waals surface area (Å²) in [7, 11) is 0. The summed E-state index contributed by atoms with van der Waals surface area (Å²) in [6.07, 6.45) is 2.57. The lowest BCUT2D eigenvalue weighted by molar-refractivity contribution is -0.113. The average Bonchev–Trinajstić information content (AvgIpc) is 2.14. The number of hydrogen-bond donors (Lipinski definition) is 1. The van der Waals surface area contributed by atoms with E-state index in [0.29, 0.717) is 11.6 Å². The van der Waals surface area contributed by atoms with E-state index in [1.54, 1.807) is 6.08 Å². The van der Waals surface area contributed by atoms with E-state index in [1.165, 1.54) is 16.3 Å². The molecule has 0 aromatic carbocycles. The fourth-order valence-electron chi connectivity index (χ4n) is 0.454. The van der Waals surface area contributed by atoms with E-state index in [9.17, 15) is 4.79 Å². The Morgan fingerprint density at radius 2 is 2.75 bits per heavy atom. The molecule has 4 heteroatoms. The Morgan fingerprint density at radius 1 is 2.00 bits per heavy atom. The lowest BCUT2D eigenvalue weighted by Crippen LogP contribution is -2.07. The van der Waals surface area contributed by atoms with Crippen molar-refractivity contribution in [1.29, 1.82) is 0 Å². The van der Waals surface area contributed by atoms with Crippen LogP contribution in [0.5, 0.6) is 0 Å². The van der Waals surface area contributed by atoms with Crippen molar-refractivity contribution in [3.05, 3.63) is 11.1 Å². The molecule has 1 aliphatic rings. The Labute approximate surface area is 51.7 Å². The number of rotatable bonds is 1. The van der Waals surface area contributed by atoms with Gasteiger partial charge in [-0.05, 0) is 6.08 Å². The zero-order valence-corrected chi connectivity index (χ0v) is 5.02. The van der Waals surface area contributed by atoms with Gasteiger partial charge in [0.15, 0.2) is 0 Å². The normalized spacial score (nSPS) is 18.5. The minimum absolute atomic E-state index is 0.639. The second-order valence-corrected chi connectivity index (χ2v) is 2.53. The zero-order chi connectivity index (χ0) is 5.98. The van der Waals surface area contributed by atoms with Gasteiger partial charge in [0.1, 0.15) is 0 Å². The molecule has 44 valence electrons. The van der Waals surface area contributed by atoms with Crippen LogP contribution in [0.25, 0.3) is 0 Å². The first-order chi connectivity index (χ1) is 3.83. The first-order valence-electron chi connectivity index (χ1n) is 2.18. The molecule has 0 spiro atoms. The van der Waals surface area contributed by atoms with Crippen LogP contribution in [0.15, 0.2) is 11.1 Å². The predicted molar refractivity (Wildman–Crippen MR) is 32.6 cm³/mol. The topological polar surface area (TPSA) is 46.3 Å². The molecule has 0 atom stereocenters. The maximum atomic E-state index is 9.97. The van der Waals surface area contributed by atoms with E-state index in [0.717, 1.165) is 6.41 Å². The van der Waals surface area contributed by atoms with E-state index in [-0.39, 0.29) is 0 Å². The molecule has 0 saturated carbocycles. The molecule has 0 aromatic heterocycles. The van der Waals surface area contributed by atoms with Gasteiger partial charge >= 0.3 is 0 Å². The Kier molecular flexibility index (Phi) is 1.43. The van der Waals surface area contributed by atoms with E-state index in [1.807, 2.05) is 0 Å². The fraction of sp³-hybridized carbons (Fsp3) is 0.250. The van der Waals surface area contributed by atoms with Crippen molar-refractivity contribution < 1.29 is 4.79 Å². The molecular formula is C4H6N2OS. The highest BCUT2D eigenvalue weighted by atomic mass is 32.2. The molecule has 1 aliphatic heterocycles. The highest BCUT2D eigenvalue weighted by Crippen LogP contribution is 2.20. The van der Waals surface area contributed by atoms with Gasteiger partial charge < -0.3 is 5.73 Å². The highest BCUT2D eigenvalue weighted by molar-refractivity contribution is 8.01. The Bertz CT molecular complexity index is 134. The molecule has 1 heterocycles. The van der Waals surface area contributed by atoms with Crippen LogP contribution in [0.1, 0.15) is 0 Å². The van der Waals surface area contributed by atoms with Gasteiger partial charge in [-0.25, -0.2) is 0 Å². The molecular weight excluding hydrogens is 124 g/mol. The van der Waals surface area contributed by atoms with Crippen LogP contribution in [0, 0.1) is 0 Å². The SMILES string of the molecule is NC1=CCN(C=O)S1. The molecule has 1 rings (SSSR count). The van der Waals surface area contributed by atoms with Crippen molar-refractivity contribution in [3.63, 3.8) is 0 Å². The van der Waals surface area contributed by atoms with Gasteiger partial charge in [-0.2, -0.15) is 0 Å². The second-order valence-electron chi connectivity index (χ2n) is 1.40. The van der Waals surface area contributed by atoms with Gasteiger partial charge in [0.2, 0.25) is 6.41 Å². The van der Waals surface area contributed by atoms with Crippen molar-refractivity contribution >= 4 is 18.4 Å². The molecule has 1 amide bonds. The first-order valence-corrected chi connectivity index (χ1v) is 2.96. The average molecular weight is 130 g/mol. The summed E-state index contributed by atoms with van der Waals surface area (Å²) in [6, 6.07) is 0. The van der Waals surface area contributed by atoms with Crippen molar-refractivity contribution in [3.8, 4) is 0 Å². The molecule has 0 aromatic rings. The lowest BCUT2D eigenvalue weighted by atomic mass is 10.6. The van der Waals surface area contributed by atoms with Crippen LogP contribution >= 0.6 is 11.9 Å².